The molecule has 0 saturated carbocycles. The first-order valence-electron chi connectivity index (χ1n) is 5.67. The van der Waals surface area contributed by atoms with Crippen molar-refractivity contribution >= 4 is 11.6 Å². The number of halogens is 1. The van der Waals surface area contributed by atoms with Crippen LogP contribution in [0.15, 0.2) is 36.5 Å². The second-order valence-corrected chi connectivity index (χ2v) is 4.33. The van der Waals surface area contributed by atoms with Crippen molar-refractivity contribution in [3.05, 3.63) is 52.8 Å². The molecule has 1 unspecified atom stereocenters. The fourth-order valence-electron chi connectivity index (χ4n) is 1.74. The molecule has 1 heterocycles. The maximum Gasteiger partial charge on any atom is 0.123 e. The van der Waals surface area contributed by atoms with E-state index in [1.165, 1.54) is 0 Å². The van der Waals surface area contributed by atoms with Gasteiger partial charge in [-0.2, -0.15) is 0 Å². The van der Waals surface area contributed by atoms with Gasteiger partial charge in [-0.3, -0.25) is 4.98 Å². The number of hydrogen-bond acceptors (Lipinski definition) is 4. The molecule has 1 N–H and O–H groups in total. The van der Waals surface area contributed by atoms with Crippen LogP contribution in [0.25, 0.3) is 0 Å². The lowest BCUT2D eigenvalue weighted by Crippen LogP contribution is -2.04. The standard InChI is InChI=1S/C14H14ClNO3/c1-18-10-6-9(7-11(8-10)19-2)14(17)13-12(15)4-3-5-16-13/h3-8,14,17H,1-2H3. The van der Waals surface area contributed by atoms with Gasteiger partial charge in [-0.05, 0) is 29.8 Å². The summed E-state index contributed by atoms with van der Waals surface area (Å²) >= 11 is 6.03. The third-order valence-electron chi connectivity index (χ3n) is 2.74. The fourth-order valence-corrected chi connectivity index (χ4v) is 1.97. The zero-order valence-corrected chi connectivity index (χ0v) is 11.4. The molecular formula is C14H14ClNO3. The van der Waals surface area contributed by atoms with E-state index >= 15 is 0 Å². The van der Waals surface area contributed by atoms with Crippen LogP contribution in [-0.2, 0) is 0 Å². The van der Waals surface area contributed by atoms with Crippen LogP contribution in [0.3, 0.4) is 0 Å². The van der Waals surface area contributed by atoms with Gasteiger partial charge in [0.25, 0.3) is 0 Å². The Balaban J connectivity index is 2.43. The number of aliphatic hydroxyl groups is 1. The number of hydrogen-bond donors (Lipinski definition) is 1. The van der Waals surface area contributed by atoms with Crippen molar-refractivity contribution in [2.24, 2.45) is 0 Å². The Labute approximate surface area is 116 Å². The van der Waals surface area contributed by atoms with Gasteiger partial charge >= 0.3 is 0 Å². The summed E-state index contributed by atoms with van der Waals surface area (Å²) in [6, 6.07) is 8.57. The van der Waals surface area contributed by atoms with E-state index in [0.29, 0.717) is 27.8 Å². The summed E-state index contributed by atoms with van der Waals surface area (Å²) in [4.78, 5) is 4.10. The largest absolute Gasteiger partial charge is 0.497 e. The quantitative estimate of drug-likeness (QED) is 0.935. The van der Waals surface area contributed by atoms with Crippen molar-refractivity contribution < 1.29 is 14.6 Å². The molecule has 2 rings (SSSR count). The van der Waals surface area contributed by atoms with E-state index in [0.717, 1.165) is 0 Å². The molecule has 1 aromatic carbocycles. The molecule has 0 spiro atoms. The van der Waals surface area contributed by atoms with Crippen LogP contribution in [0.1, 0.15) is 17.4 Å². The molecule has 0 fully saturated rings. The molecule has 1 atom stereocenters. The summed E-state index contributed by atoms with van der Waals surface area (Å²) in [5, 5.41) is 10.8. The molecule has 5 heteroatoms. The SMILES string of the molecule is COc1cc(OC)cc(C(O)c2ncccc2Cl)c1. The van der Waals surface area contributed by atoms with E-state index in [1.54, 1.807) is 50.7 Å². The van der Waals surface area contributed by atoms with Crippen LogP contribution in [0.5, 0.6) is 11.5 Å². The van der Waals surface area contributed by atoms with Crippen molar-refractivity contribution in [2.75, 3.05) is 14.2 Å². The molecule has 0 radical (unpaired) electrons. The molecule has 2 aromatic rings. The van der Waals surface area contributed by atoms with Crippen molar-refractivity contribution in [1.29, 1.82) is 0 Å². The smallest absolute Gasteiger partial charge is 0.123 e. The highest BCUT2D eigenvalue weighted by Crippen LogP contribution is 2.31. The number of aromatic nitrogens is 1. The predicted octanol–water partition coefficient (Wildman–Crippen LogP) is 2.83. The van der Waals surface area contributed by atoms with E-state index in [-0.39, 0.29) is 0 Å². The molecule has 0 saturated heterocycles. The minimum absolute atomic E-state index is 0.402. The molecule has 0 aliphatic rings. The van der Waals surface area contributed by atoms with Crippen LogP contribution >= 0.6 is 11.6 Å². The minimum atomic E-state index is -0.933. The number of methoxy groups -OCH3 is 2. The molecule has 0 bridgehead atoms. The van der Waals surface area contributed by atoms with Gasteiger partial charge in [0.1, 0.15) is 17.6 Å². The predicted molar refractivity (Wildman–Crippen MR) is 72.9 cm³/mol. The first-order valence-corrected chi connectivity index (χ1v) is 6.05. The number of nitrogens with zero attached hydrogens (tertiary/aromatic N) is 1. The summed E-state index contributed by atoms with van der Waals surface area (Å²) in [5.41, 5.74) is 1.01. The zero-order valence-electron chi connectivity index (χ0n) is 10.6. The molecule has 0 aliphatic carbocycles. The minimum Gasteiger partial charge on any atom is -0.497 e. The van der Waals surface area contributed by atoms with Crippen molar-refractivity contribution in [2.45, 2.75) is 6.10 Å². The Kier molecular flexibility index (Phi) is 4.24. The normalized spacial score (nSPS) is 12.0. The summed E-state index contributed by atoms with van der Waals surface area (Å²) in [7, 11) is 3.11. The third kappa shape index (κ3) is 2.97. The van der Waals surface area contributed by atoms with E-state index in [4.69, 9.17) is 21.1 Å². The van der Waals surface area contributed by atoms with Gasteiger partial charge in [-0.25, -0.2) is 0 Å². The Bertz CT molecular complexity index is 552. The summed E-state index contributed by atoms with van der Waals surface area (Å²) in [5.74, 6) is 1.20. The number of ether oxygens (including phenoxy) is 2. The van der Waals surface area contributed by atoms with Gasteiger partial charge in [0, 0.05) is 12.3 Å². The second kappa shape index (κ2) is 5.91. The third-order valence-corrected chi connectivity index (χ3v) is 3.06. The Hall–Kier alpha value is -1.78. The van der Waals surface area contributed by atoms with E-state index < -0.39 is 6.10 Å². The number of rotatable bonds is 4. The average Bonchev–Trinajstić information content (AvgIpc) is 2.46. The summed E-state index contributed by atoms with van der Waals surface area (Å²) < 4.78 is 10.3. The fraction of sp³-hybridized carbons (Fsp3) is 0.214. The first kappa shape index (κ1) is 13.6. The number of aliphatic hydroxyl groups excluding tert-OH is 1. The van der Waals surface area contributed by atoms with Crippen LogP contribution in [0, 0.1) is 0 Å². The van der Waals surface area contributed by atoms with Crippen LogP contribution < -0.4 is 9.47 Å². The van der Waals surface area contributed by atoms with E-state index in [1.807, 2.05) is 0 Å². The highest BCUT2D eigenvalue weighted by Gasteiger charge is 2.17. The maximum absolute atomic E-state index is 10.4. The summed E-state index contributed by atoms with van der Waals surface area (Å²) in [6.07, 6.45) is 0.652. The Morgan fingerprint density at radius 3 is 2.32 bits per heavy atom. The van der Waals surface area contributed by atoms with Crippen molar-refractivity contribution in [3.8, 4) is 11.5 Å². The molecule has 0 aliphatic heterocycles. The summed E-state index contributed by atoms with van der Waals surface area (Å²) in [6.45, 7) is 0. The Morgan fingerprint density at radius 2 is 1.79 bits per heavy atom. The van der Waals surface area contributed by atoms with Gasteiger partial charge in [-0.15, -0.1) is 0 Å². The molecular weight excluding hydrogens is 266 g/mol. The topological polar surface area (TPSA) is 51.6 Å². The molecule has 1 aromatic heterocycles. The van der Waals surface area contributed by atoms with Gasteiger partial charge in [0.15, 0.2) is 0 Å². The molecule has 0 amide bonds. The molecule has 19 heavy (non-hydrogen) atoms. The molecule has 4 nitrogen and oxygen atoms in total. The van der Waals surface area contributed by atoms with Crippen LogP contribution in [-0.4, -0.2) is 24.3 Å². The van der Waals surface area contributed by atoms with Gasteiger partial charge in [0.05, 0.1) is 24.9 Å². The first-order chi connectivity index (χ1) is 9.15. The van der Waals surface area contributed by atoms with Crippen molar-refractivity contribution in [3.63, 3.8) is 0 Å². The number of benzene rings is 1. The lowest BCUT2D eigenvalue weighted by atomic mass is 10.1. The van der Waals surface area contributed by atoms with Crippen LogP contribution in [0.2, 0.25) is 5.02 Å². The average molecular weight is 280 g/mol. The second-order valence-electron chi connectivity index (χ2n) is 3.92. The zero-order chi connectivity index (χ0) is 13.8. The van der Waals surface area contributed by atoms with Gasteiger partial charge < -0.3 is 14.6 Å². The van der Waals surface area contributed by atoms with E-state index in [2.05, 4.69) is 4.98 Å². The van der Waals surface area contributed by atoms with Crippen molar-refractivity contribution in [1.82, 2.24) is 4.98 Å². The van der Waals surface area contributed by atoms with Gasteiger partial charge in [-0.1, -0.05) is 11.6 Å². The van der Waals surface area contributed by atoms with Gasteiger partial charge in [0.2, 0.25) is 0 Å². The number of pyridine rings is 1. The van der Waals surface area contributed by atoms with Crippen LogP contribution in [0.4, 0.5) is 0 Å². The monoisotopic (exact) mass is 279 g/mol. The molecule has 100 valence electrons. The Morgan fingerprint density at radius 1 is 1.16 bits per heavy atom. The lowest BCUT2D eigenvalue weighted by molar-refractivity contribution is 0.214. The highest BCUT2D eigenvalue weighted by molar-refractivity contribution is 6.31. The highest BCUT2D eigenvalue weighted by atomic mass is 35.5. The lowest BCUT2D eigenvalue weighted by Gasteiger charge is -2.14. The van der Waals surface area contributed by atoms with E-state index in [9.17, 15) is 5.11 Å². The maximum atomic E-state index is 10.4.